The fourth-order valence-electron chi connectivity index (χ4n) is 17.8. The van der Waals surface area contributed by atoms with E-state index in [1.165, 1.54) is 50.5 Å². The Morgan fingerprint density at radius 2 is 1.04 bits per heavy atom. The summed E-state index contributed by atoms with van der Waals surface area (Å²) in [5.41, 5.74) is -3.20. The van der Waals surface area contributed by atoms with Crippen LogP contribution in [0.3, 0.4) is 0 Å². The predicted octanol–water partition coefficient (Wildman–Crippen LogP) is 16.1. The minimum absolute atomic E-state index is 0.0226. The Hall–Kier alpha value is -4.24. The molecule has 15 nitrogen and oxygen atoms in total. The van der Waals surface area contributed by atoms with Gasteiger partial charge in [-0.15, -0.1) is 0 Å². The molecule has 522 valence electrons. The number of ether oxygens (including phenoxy) is 6. The van der Waals surface area contributed by atoms with Gasteiger partial charge in [-0.3, -0.25) is 24.0 Å². The minimum atomic E-state index is -0.842. The number of aromatic hydroxyl groups is 1. The van der Waals surface area contributed by atoms with Gasteiger partial charge in [-0.1, -0.05) is 81.4 Å². The van der Waals surface area contributed by atoms with Crippen LogP contribution in [-0.2, 0) is 57.2 Å². The van der Waals surface area contributed by atoms with Crippen molar-refractivity contribution in [3.05, 3.63) is 29.8 Å². The van der Waals surface area contributed by atoms with Crippen LogP contribution in [0.1, 0.15) is 290 Å². The largest absolute Gasteiger partial charge is 0.508 e. The van der Waals surface area contributed by atoms with Crippen molar-refractivity contribution in [2.24, 2.45) is 80.8 Å². The van der Waals surface area contributed by atoms with E-state index in [1.807, 2.05) is 74.4 Å². The van der Waals surface area contributed by atoms with Crippen LogP contribution in [-0.4, -0.2) is 98.0 Å². The summed E-state index contributed by atoms with van der Waals surface area (Å²) in [5.74, 6) is 4.43. The predicted molar refractivity (Wildman–Crippen MR) is 356 cm³/mol. The average Bonchev–Trinajstić information content (AvgIpc) is 0.901. The van der Waals surface area contributed by atoms with Crippen LogP contribution in [0.25, 0.3) is 0 Å². The molecule has 0 radical (unpaired) electrons. The molecule has 11 aliphatic carbocycles. The molecule has 14 rings (SSSR count). The summed E-state index contributed by atoms with van der Waals surface area (Å²) in [7, 11) is 0. The first-order valence-electron chi connectivity index (χ1n) is 36.3. The number of esters is 6. The van der Waals surface area contributed by atoms with Gasteiger partial charge in [0, 0.05) is 25.2 Å². The molecule has 11 saturated carbocycles. The highest BCUT2D eigenvalue weighted by Crippen LogP contribution is 2.63. The van der Waals surface area contributed by atoms with E-state index in [1.54, 1.807) is 26.0 Å². The van der Waals surface area contributed by atoms with E-state index in [0.29, 0.717) is 66.9 Å². The third-order valence-corrected chi connectivity index (χ3v) is 24.9. The van der Waals surface area contributed by atoms with E-state index in [2.05, 4.69) is 48.5 Å². The first-order valence-corrected chi connectivity index (χ1v) is 36.3. The van der Waals surface area contributed by atoms with Crippen molar-refractivity contribution in [2.75, 3.05) is 6.61 Å². The second kappa shape index (κ2) is 29.2. The molecule has 2 aliphatic heterocycles. The summed E-state index contributed by atoms with van der Waals surface area (Å²) in [6.07, 6.45) is 21.6. The maximum Gasteiger partial charge on any atom is 0.344 e. The van der Waals surface area contributed by atoms with Crippen LogP contribution in [0.15, 0.2) is 24.3 Å². The van der Waals surface area contributed by atoms with Gasteiger partial charge in [0.15, 0.2) is 6.61 Å². The molecular weight excluding hydrogens is 1160 g/mol. The number of rotatable bonds is 18. The molecule has 2 heterocycles. The van der Waals surface area contributed by atoms with Crippen LogP contribution in [0.5, 0.6) is 5.75 Å². The molecule has 13 fully saturated rings. The summed E-state index contributed by atoms with van der Waals surface area (Å²) in [4.78, 5) is 73.4. The van der Waals surface area contributed by atoms with Crippen LogP contribution in [0.4, 0.5) is 0 Å². The van der Waals surface area contributed by atoms with Crippen LogP contribution in [0.2, 0.25) is 0 Å². The number of aliphatic hydroxyl groups is 2. The Morgan fingerprint density at radius 1 is 0.565 bits per heavy atom. The molecule has 3 N–H and O–H groups in total. The molecule has 8 atom stereocenters. The lowest BCUT2D eigenvalue weighted by Crippen LogP contribution is -2.67. The van der Waals surface area contributed by atoms with Gasteiger partial charge in [0.1, 0.15) is 34.8 Å². The molecule has 0 aromatic heterocycles. The second-order valence-electron chi connectivity index (χ2n) is 34.2. The molecule has 92 heavy (non-hydrogen) atoms. The number of benzene rings is 1. The Balaban J connectivity index is 0.000000166. The highest BCUT2D eigenvalue weighted by Gasteiger charge is 2.65. The second-order valence-corrected chi connectivity index (χ2v) is 34.2. The molecule has 1 aromatic rings. The number of hydrogen-bond acceptors (Lipinski definition) is 15. The topological polar surface area (TPSA) is 218 Å². The van der Waals surface area contributed by atoms with Crippen LogP contribution < -0.4 is 0 Å². The van der Waals surface area contributed by atoms with Crippen molar-refractivity contribution in [1.82, 2.24) is 0 Å². The zero-order valence-electron chi connectivity index (χ0n) is 60.2. The fraction of sp³-hybridized carbons (Fsp3) is 0.844. The Kier molecular flexibility index (Phi) is 23.9. The lowest BCUT2D eigenvalue weighted by Gasteiger charge is -2.62. The highest BCUT2D eigenvalue weighted by atomic mass is 16.6. The van der Waals surface area contributed by atoms with Crippen molar-refractivity contribution in [3.63, 3.8) is 0 Å². The Bertz CT molecular complexity index is 2650. The number of carbonyl (C=O) groups excluding carboxylic acids is 6. The van der Waals surface area contributed by atoms with Gasteiger partial charge in [0.25, 0.3) is 0 Å². The fourth-order valence-corrected chi connectivity index (χ4v) is 17.8. The van der Waals surface area contributed by atoms with E-state index in [4.69, 9.17) is 33.5 Å². The van der Waals surface area contributed by atoms with Gasteiger partial charge in [-0.25, -0.2) is 4.79 Å². The lowest BCUT2D eigenvalue weighted by atomic mass is 9.47. The zero-order valence-corrected chi connectivity index (χ0v) is 60.2. The monoisotopic (exact) mass is 1290 g/mol. The smallest absolute Gasteiger partial charge is 0.344 e. The molecule has 2 saturated heterocycles. The van der Waals surface area contributed by atoms with Crippen molar-refractivity contribution < 1.29 is 72.5 Å². The zero-order chi connectivity index (χ0) is 68.4. The van der Waals surface area contributed by atoms with E-state index in [9.17, 15) is 39.0 Å². The number of hydrogen-bond donors (Lipinski definition) is 3. The molecule has 0 amide bonds. The van der Waals surface area contributed by atoms with Crippen molar-refractivity contribution in [2.45, 2.75) is 325 Å². The van der Waals surface area contributed by atoms with Gasteiger partial charge < -0.3 is 43.7 Å². The van der Waals surface area contributed by atoms with E-state index < -0.39 is 45.7 Å². The maximum absolute atomic E-state index is 12.8. The summed E-state index contributed by atoms with van der Waals surface area (Å²) in [6, 6.07) is 7.43. The standard InChI is InChI=1S/C19H32O2.C18H26O6.C16H26O4.C14H26O2.C10H14O/c1-6-18(4,5)17(20)21-19(12(2)3)15-8-13-7-14(10-15)11-16(19)9-13;1-4-18(2,3)17(21)22-9-14(19)24-15-11-5-10-6-12(8-11)16(20)23-13(15)7-10;1-4-13(2,3)12(17)20-16-7-11-5-14(18,9-16)8-15(19,6-11)10-16;1-6-13(4,5)12(15)16-14(11(2)3)9-7-8-10-14;1-3-8(2)9-4-6-10(11)7-5-9/h12-16H,6-11H2,1-5H3;10-13,15H,4-9H2,1-3H3;11,18-19H,4-10H2,1-3H3;11H,6-10H2,1-5H3;4-8,11H,3H2,1-2H3. The highest BCUT2D eigenvalue weighted by molar-refractivity contribution is 5.80. The molecular formula is C77H124O15. The van der Waals surface area contributed by atoms with Crippen LogP contribution in [0, 0.1) is 80.8 Å². The summed E-state index contributed by atoms with van der Waals surface area (Å²) in [6.45, 7) is 36.2. The summed E-state index contributed by atoms with van der Waals surface area (Å²) in [5, 5.41) is 30.3. The van der Waals surface area contributed by atoms with Crippen molar-refractivity contribution >= 4 is 35.8 Å². The number of carbonyl (C=O) groups is 6. The van der Waals surface area contributed by atoms with E-state index >= 15 is 0 Å². The Morgan fingerprint density at radius 3 is 1.51 bits per heavy atom. The van der Waals surface area contributed by atoms with Crippen LogP contribution >= 0.6 is 0 Å². The quantitative estimate of drug-likeness (QED) is 0.0920. The van der Waals surface area contributed by atoms with Gasteiger partial charge >= 0.3 is 35.8 Å². The van der Waals surface area contributed by atoms with Crippen molar-refractivity contribution in [3.8, 4) is 5.75 Å². The normalized spacial score (nSPS) is 33.7. The lowest BCUT2D eigenvalue weighted by molar-refractivity contribution is -0.264. The van der Waals surface area contributed by atoms with Crippen molar-refractivity contribution in [1.29, 1.82) is 0 Å². The molecule has 15 heteroatoms. The first-order chi connectivity index (χ1) is 42.8. The number of phenolic OH excluding ortho intramolecular Hbond substituents is 1. The van der Waals surface area contributed by atoms with E-state index in [-0.39, 0.29) is 76.4 Å². The molecule has 8 unspecified atom stereocenters. The molecule has 13 aliphatic rings. The Labute approximate surface area is 553 Å². The van der Waals surface area contributed by atoms with Gasteiger partial charge in [-0.05, 0) is 261 Å². The summed E-state index contributed by atoms with van der Waals surface area (Å²) < 4.78 is 34.3. The third kappa shape index (κ3) is 17.1. The molecule has 12 bridgehead atoms. The molecule has 0 spiro atoms. The van der Waals surface area contributed by atoms with Gasteiger partial charge in [0.05, 0.1) is 38.8 Å². The minimum Gasteiger partial charge on any atom is -0.508 e. The van der Waals surface area contributed by atoms with Gasteiger partial charge in [-0.2, -0.15) is 0 Å². The third-order valence-electron chi connectivity index (χ3n) is 24.9. The average molecular weight is 1290 g/mol. The SMILES string of the molecule is CCC(C)(C)C(=O)OC1(C(C)C)C2CC3CC(C2)CC1C3.CCC(C)(C)C(=O)OC1(C(C)C)CCCC1.CCC(C)(C)C(=O)OC12CC3CC(O)(CC(O)(C3)C1)C2.CCC(C)(C)C(=O)OCC(=O)OC1C2CC3CC(C2)C(=O)OC1C3.CCC(C)c1ccc(O)cc1. The first kappa shape index (κ1) is 75.1. The van der Waals surface area contributed by atoms with E-state index in [0.717, 1.165) is 95.3 Å². The molecule has 1 aromatic carbocycles. The summed E-state index contributed by atoms with van der Waals surface area (Å²) >= 11 is 0. The number of phenols is 1. The maximum atomic E-state index is 12.8. The number of fused-ring (bicyclic) bond motifs is 1. The van der Waals surface area contributed by atoms with Gasteiger partial charge in [0.2, 0.25) is 0 Å².